The molecule has 0 fully saturated rings. The molecule has 0 heterocycles. The van der Waals surface area contributed by atoms with Crippen molar-refractivity contribution < 1.29 is 9.18 Å². The number of halogens is 1. The van der Waals surface area contributed by atoms with Crippen molar-refractivity contribution in [2.24, 2.45) is 5.92 Å². The number of hydrogen-bond acceptors (Lipinski definition) is 1. The number of unbranched alkanes of at least 4 members (excludes halogenated alkanes) is 2. The summed E-state index contributed by atoms with van der Waals surface area (Å²) < 4.78 is 14.6. The van der Waals surface area contributed by atoms with E-state index in [0.717, 1.165) is 49.8 Å². The van der Waals surface area contributed by atoms with Crippen LogP contribution in [0.25, 0.3) is 0 Å². The molecule has 1 aliphatic carbocycles. The zero-order valence-electron chi connectivity index (χ0n) is 18.0. The molecule has 0 saturated carbocycles. The van der Waals surface area contributed by atoms with Crippen molar-refractivity contribution in [2.45, 2.75) is 71.6 Å². The average molecular weight is 386 g/mol. The molecule has 28 heavy (non-hydrogen) atoms. The Kier molecular flexibility index (Phi) is 8.95. The van der Waals surface area contributed by atoms with Crippen molar-refractivity contribution in [1.29, 1.82) is 0 Å². The van der Waals surface area contributed by atoms with Crippen LogP contribution < -0.4 is 0 Å². The first-order valence-corrected chi connectivity index (χ1v) is 10.8. The molecule has 1 amide bonds. The maximum Gasteiger partial charge on any atom is 0.224 e. The molecule has 0 aromatic heterocycles. The highest BCUT2D eigenvalue weighted by Crippen LogP contribution is 2.35. The molecule has 2 nitrogen and oxygen atoms in total. The number of benzene rings is 1. The Morgan fingerprint density at radius 3 is 2.46 bits per heavy atom. The Morgan fingerprint density at radius 2 is 1.86 bits per heavy atom. The van der Waals surface area contributed by atoms with E-state index in [1.807, 2.05) is 25.8 Å². The number of nitrogens with zero attached hydrogens (tertiary/aromatic N) is 1. The third-order valence-corrected chi connectivity index (χ3v) is 5.55. The van der Waals surface area contributed by atoms with E-state index in [1.54, 1.807) is 6.08 Å². The van der Waals surface area contributed by atoms with Crippen LogP contribution in [-0.4, -0.2) is 24.4 Å². The number of carbonyl (C=O) groups excluding carboxylic acids is 1. The van der Waals surface area contributed by atoms with Crippen LogP contribution in [0.5, 0.6) is 0 Å². The lowest BCUT2D eigenvalue weighted by atomic mass is 9.87. The van der Waals surface area contributed by atoms with Gasteiger partial charge in [-0.3, -0.25) is 4.79 Å². The number of carbonyl (C=O) groups is 1. The highest BCUT2D eigenvalue weighted by atomic mass is 19.1. The zero-order valence-corrected chi connectivity index (χ0v) is 18.0. The van der Waals surface area contributed by atoms with E-state index in [4.69, 9.17) is 0 Å². The second-order valence-corrected chi connectivity index (χ2v) is 8.31. The van der Waals surface area contributed by atoms with Gasteiger partial charge in [-0.25, -0.2) is 4.39 Å². The van der Waals surface area contributed by atoms with Crippen molar-refractivity contribution >= 4 is 5.91 Å². The number of rotatable bonds is 10. The van der Waals surface area contributed by atoms with Crippen LogP contribution >= 0.6 is 0 Å². The van der Waals surface area contributed by atoms with Gasteiger partial charge >= 0.3 is 0 Å². The van der Waals surface area contributed by atoms with Gasteiger partial charge in [0, 0.05) is 25.4 Å². The Labute approximate surface area is 170 Å². The first-order chi connectivity index (χ1) is 13.4. The largest absolute Gasteiger partial charge is 0.346 e. The van der Waals surface area contributed by atoms with Crippen molar-refractivity contribution in [2.75, 3.05) is 13.6 Å². The first kappa shape index (κ1) is 22.4. The van der Waals surface area contributed by atoms with Gasteiger partial charge in [0.25, 0.3) is 0 Å². The van der Waals surface area contributed by atoms with E-state index in [2.05, 4.69) is 37.3 Å². The molecule has 0 saturated heterocycles. The highest BCUT2D eigenvalue weighted by Gasteiger charge is 2.20. The van der Waals surface area contributed by atoms with Gasteiger partial charge in [-0.05, 0) is 54.9 Å². The summed E-state index contributed by atoms with van der Waals surface area (Å²) >= 11 is 0. The Hall–Kier alpha value is -1.90. The second kappa shape index (κ2) is 11.2. The molecule has 0 aliphatic heterocycles. The Balaban J connectivity index is 1.84. The monoisotopic (exact) mass is 385 g/mol. The van der Waals surface area contributed by atoms with Crippen molar-refractivity contribution in [1.82, 2.24) is 4.90 Å². The maximum absolute atomic E-state index is 14.6. The number of amides is 1. The van der Waals surface area contributed by atoms with Gasteiger partial charge in [0.1, 0.15) is 5.83 Å². The van der Waals surface area contributed by atoms with Crippen molar-refractivity contribution in [3.8, 4) is 0 Å². The van der Waals surface area contributed by atoms with Crippen LogP contribution in [0, 0.1) is 5.92 Å². The maximum atomic E-state index is 14.6. The average Bonchev–Trinajstić information content (AvgIpc) is 2.68. The topological polar surface area (TPSA) is 20.3 Å². The van der Waals surface area contributed by atoms with E-state index in [0.29, 0.717) is 0 Å². The van der Waals surface area contributed by atoms with Crippen LogP contribution in [0.1, 0.15) is 76.3 Å². The lowest BCUT2D eigenvalue weighted by Gasteiger charge is -2.20. The van der Waals surface area contributed by atoms with Crippen LogP contribution in [0.4, 0.5) is 4.39 Å². The second-order valence-electron chi connectivity index (χ2n) is 8.31. The molecule has 3 heteroatoms. The summed E-state index contributed by atoms with van der Waals surface area (Å²) in [6.45, 7) is 6.82. The van der Waals surface area contributed by atoms with Crippen LogP contribution in [0.2, 0.25) is 0 Å². The fourth-order valence-corrected chi connectivity index (χ4v) is 3.76. The van der Waals surface area contributed by atoms with Gasteiger partial charge in [0.2, 0.25) is 5.91 Å². The minimum Gasteiger partial charge on any atom is -0.346 e. The third kappa shape index (κ3) is 6.61. The van der Waals surface area contributed by atoms with E-state index in [-0.39, 0.29) is 23.6 Å². The van der Waals surface area contributed by atoms with Crippen LogP contribution in [-0.2, 0) is 11.2 Å². The van der Waals surface area contributed by atoms with E-state index in [1.165, 1.54) is 18.4 Å². The molecule has 0 radical (unpaired) electrons. The van der Waals surface area contributed by atoms with Crippen molar-refractivity contribution in [3.63, 3.8) is 0 Å². The summed E-state index contributed by atoms with van der Waals surface area (Å²) in [5.74, 6) is 0.0929. The SMILES string of the molecule is CCCCCC1=CCC(c2ccc(CCCN(C)C(=O)C(C)C)cc2)C(F)=C1. The summed E-state index contributed by atoms with van der Waals surface area (Å²) in [4.78, 5) is 13.7. The summed E-state index contributed by atoms with van der Waals surface area (Å²) in [5.41, 5.74) is 3.44. The summed E-state index contributed by atoms with van der Waals surface area (Å²) in [5, 5.41) is 0. The lowest BCUT2D eigenvalue weighted by Crippen LogP contribution is -2.31. The molecular weight excluding hydrogens is 349 g/mol. The number of aryl methyl sites for hydroxylation is 1. The van der Waals surface area contributed by atoms with Gasteiger partial charge in [0.15, 0.2) is 0 Å². The fraction of sp³-hybridized carbons (Fsp3) is 0.560. The molecule has 0 spiro atoms. The van der Waals surface area contributed by atoms with Crippen molar-refractivity contribution in [3.05, 3.63) is 58.9 Å². The van der Waals surface area contributed by atoms with Gasteiger partial charge in [0.05, 0.1) is 0 Å². The normalized spacial score (nSPS) is 16.7. The quantitative estimate of drug-likeness (QED) is 0.417. The van der Waals surface area contributed by atoms with Gasteiger partial charge in [-0.15, -0.1) is 0 Å². The molecular formula is C25H36FNO. The Morgan fingerprint density at radius 1 is 1.14 bits per heavy atom. The molecule has 1 aliphatic rings. The number of allylic oxidation sites excluding steroid dienone is 4. The first-order valence-electron chi connectivity index (χ1n) is 10.8. The van der Waals surface area contributed by atoms with E-state index >= 15 is 0 Å². The third-order valence-electron chi connectivity index (χ3n) is 5.55. The standard InChI is InChI=1S/C25H36FNO/c1-5-6-7-9-21-13-16-23(24(26)18-21)22-14-11-20(12-15-22)10-8-17-27(4)25(28)19(2)3/h11-15,18-19,23H,5-10,16-17H2,1-4H3. The van der Waals surface area contributed by atoms with E-state index < -0.39 is 0 Å². The number of hydrogen-bond donors (Lipinski definition) is 0. The molecule has 2 rings (SSSR count). The van der Waals surface area contributed by atoms with Crippen LogP contribution in [0.3, 0.4) is 0 Å². The van der Waals surface area contributed by atoms with E-state index in [9.17, 15) is 9.18 Å². The molecule has 1 aromatic rings. The molecule has 0 bridgehead atoms. The van der Waals surface area contributed by atoms with Gasteiger partial charge < -0.3 is 4.90 Å². The summed E-state index contributed by atoms with van der Waals surface area (Å²) in [7, 11) is 1.87. The molecule has 0 N–H and O–H groups in total. The predicted molar refractivity (Wildman–Crippen MR) is 116 cm³/mol. The molecule has 1 aromatic carbocycles. The summed E-state index contributed by atoms with van der Waals surface area (Å²) in [6.07, 6.45) is 11.1. The zero-order chi connectivity index (χ0) is 20.5. The fourth-order valence-electron chi connectivity index (χ4n) is 3.76. The Bertz CT molecular complexity index is 687. The smallest absolute Gasteiger partial charge is 0.224 e. The lowest BCUT2D eigenvalue weighted by molar-refractivity contribution is -0.133. The molecule has 1 unspecified atom stereocenters. The van der Waals surface area contributed by atoms with Gasteiger partial charge in [-0.1, -0.05) is 64.0 Å². The minimum absolute atomic E-state index is 0.00410. The van der Waals surface area contributed by atoms with Crippen LogP contribution in [0.15, 0.2) is 47.8 Å². The predicted octanol–water partition coefficient (Wildman–Crippen LogP) is 6.58. The highest BCUT2D eigenvalue weighted by molar-refractivity contribution is 5.77. The van der Waals surface area contributed by atoms with Gasteiger partial charge in [-0.2, -0.15) is 0 Å². The minimum atomic E-state index is -0.140. The summed E-state index contributed by atoms with van der Waals surface area (Å²) in [6, 6.07) is 8.33. The molecule has 154 valence electrons. The molecule has 1 atom stereocenters.